The van der Waals surface area contributed by atoms with Crippen LogP contribution in [-0.4, -0.2) is 33.1 Å². The highest BCUT2D eigenvalue weighted by Crippen LogP contribution is 2.33. The molecule has 0 rings (SSSR count). The maximum absolute atomic E-state index is 12.0. The van der Waals surface area contributed by atoms with Crippen LogP contribution in [0.1, 0.15) is 48.5 Å². The van der Waals surface area contributed by atoms with Gasteiger partial charge in [0, 0.05) is 10.5 Å². The molecule has 4 nitrogen and oxygen atoms in total. The Hall–Kier alpha value is -0.710. The van der Waals surface area contributed by atoms with Gasteiger partial charge in [-0.3, -0.25) is 9.59 Å². The minimum atomic E-state index is -1.51. The highest BCUT2D eigenvalue weighted by molar-refractivity contribution is 8.00. The van der Waals surface area contributed by atoms with Crippen molar-refractivity contribution in [2.75, 3.05) is 5.75 Å². The van der Waals surface area contributed by atoms with Gasteiger partial charge in [-0.2, -0.15) is 11.8 Å². The number of carbonyl (C=O) groups excluding carboxylic acids is 1. The van der Waals surface area contributed by atoms with E-state index in [2.05, 4.69) is 0 Å². The molecule has 0 aliphatic heterocycles. The van der Waals surface area contributed by atoms with E-state index in [9.17, 15) is 14.7 Å². The predicted molar refractivity (Wildman–Crippen MR) is 73.8 cm³/mol. The fourth-order valence-electron chi connectivity index (χ4n) is 0.960. The molecule has 0 aromatic carbocycles. The Morgan fingerprint density at radius 2 is 1.50 bits per heavy atom. The topological polar surface area (TPSA) is 63.6 Å². The number of rotatable bonds is 4. The van der Waals surface area contributed by atoms with E-state index in [1.165, 1.54) is 18.7 Å². The van der Waals surface area contributed by atoms with Crippen LogP contribution in [0.15, 0.2) is 0 Å². The standard InChI is InChI=1S/C13H24O4S/c1-11(2,3)17-10(16)13(7,9(14)15)8-18-12(4,5)6/h8H2,1-7H3,(H,14,15). The van der Waals surface area contributed by atoms with Gasteiger partial charge < -0.3 is 9.84 Å². The van der Waals surface area contributed by atoms with Gasteiger partial charge in [-0.15, -0.1) is 0 Å². The maximum Gasteiger partial charge on any atom is 0.324 e. The molecule has 18 heavy (non-hydrogen) atoms. The van der Waals surface area contributed by atoms with E-state index in [0.29, 0.717) is 0 Å². The van der Waals surface area contributed by atoms with Crippen LogP contribution in [0.5, 0.6) is 0 Å². The zero-order valence-corrected chi connectivity index (χ0v) is 13.1. The molecule has 0 aromatic heterocycles. The third-order valence-corrected chi connectivity index (χ3v) is 3.70. The van der Waals surface area contributed by atoms with Gasteiger partial charge in [-0.25, -0.2) is 0 Å². The summed E-state index contributed by atoms with van der Waals surface area (Å²) in [6.45, 7) is 12.5. The van der Waals surface area contributed by atoms with Crippen molar-refractivity contribution in [2.45, 2.75) is 58.8 Å². The zero-order chi connectivity index (χ0) is 14.8. The van der Waals surface area contributed by atoms with Crippen molar-refractivity contribution in [1.82, 2.24) is 0 Å². The summed E-state index contributed by atoms with van der Waals surface area (Å²) in [6, 6.07) is 0. The maximum atomic E-state index is 12.0. The minimum absolute atomic E-state index is 0.0985. The summed E-state index contributed by atoms with van der Waals surface area (Å²) in [4.78, 5) is 23.4. The number of carboxylic acids is 1. The lowest BCUT2D eigenvalue weighted by molar-refractivity contribution is -0.173. The van der Waals surface area contributed by atoms with Gasteiger partial charge in [0.1, 0.15) is 5.60 Å². The average molecular weight is 276 g/mol. The normalized spacial score (nSPS) is 15.9. The smallest absolute Gasteiger partial charge is 0.324 e. The molecule has 0 amide bonds. The van der Waals surface area contributed by atoms with Crippen molar-refractivity contribution in [2.24, 2.45) is 5.41 Å². The summed E-state index contributed by atoms with van der Waals surface area (Å²) in [5.41, 5.74) is -2.19. The van der Waals surface area contributed by atoms with Crippen molar-refractivity contribution >= 4 is 23.7 Å². The van der Waals surface area contributed by atoms with Crippen LogP contribution in [0.25, 0.3) is 0 Å². The molecule has 0 radical (unpaired) electrons. The average Bonchev–Trinajstić information content (AvgIpc) is 2.09. The number of thioether (sulfide) groups is 1. The zero-order valence-electron chi connectivity index (χ0n) is 12.3. The molecule has 0 aliphatic rings. The number of ether oxygens (including phenoxy) is 1. The van der Waals surface area contributed by atoms with E-state index >= 15 is 0 Å². The van der Waals surface area contributed by atoms with Gasteiger partial charge in [0.15, 0.2) is 5.41 Å². The first-order chi connectivity index (χ1) is 7.78. The molecule has 0 aliphatic carbocycles. The summed E-state index contributed by atoms with van der Waals surface area (Å²) >= 11 is 1.44. The van der Waals surface area contributed by atoms with E-state index in [4.69, 9.17) is 4.74 Å². The molecule has 0 heterocycles. The molecule has 0 aromatic rings. The van der Waals surface area contributed by atoms with Gasteiger partial charge in [-0.1, -0.05) is 20.8 Å². The highest BCUT2D eigenvalue weighted by Gasteiger charge is 2.45. The van der Waals surface area contributed by atoms with E-state index in [1.807, 2.05) is 20.8 Å². The SMILES string of the molecule is CC(C)(C)OC(=O)C(C)(CSC(C)(C)C)C(=O)O. The number of aliphatic carboxylic acids is 1. The van der Waals surface area contributed by atoms with E-state index in [0.717, 1.165) is 0 Å². The lowest BCUT2D eigenvalue weighted by Crippen LogP contribution is -2.44. The molecule has 5 heteroatoms. The molecular formula is C13H24O4S. The summed E-state index contributed by atoms with van der Waals surface area (Å²) in [5.74, 6) is -1.63. The van der Waals surface area contributed by atoms with Crippen LogP contribution in [-0.2, 0) is 14.3 Å². The molecular weight excluding hydrogens is 252 g/mol. The van der Waals surface area contributed by atoms with Gasteiger partial charge >= 0.3 is 11.9 Å². The Bertz CT molecular complexity index is 325. The molecule has 1 atom stereocenters. The Labute approximate surface area is 113 Å². The molecule has 106 valence electrons. The van der Waals surface area contributed by atoms with Gasteiger partial charge in [0.2, 0.25) is 0 Å². The quantitative estimate of drug-likeness (QED) is 0.632. The third kappa shape index (κ3) is 5.76. The minimum Gasteiger partial charge on any atom is -0.480 e. The Morgan fingerprint density at radius 1 is 1.06 bits per heavy atom. The Kier molecular flexibility index (Phi) is 5.29. The second-order valence-electron chi connectivity index (χ2n) is 6.54. The monoisotopic (exact) mass is 276 g/mol. The van der Waals surface area contributed by atoms with Crippen LogP contribution < -0.4 is 0 Å². The molecule has 0 fully saturated rings. The van der Waals surface area contributed by atoms with Crippen LogP contribution in [0.4, 0.5) is 0 Å². The first-order valence-corrected chi connectivity index (χ1v) is 6.87. The third-order valence-electron chi connectivity index (χ3n) is 2.12. The second kappa shape index (κ2) is 5.51. The lowest BCUT2D eigenvalue weighted by atomic mass is 9.93. The first kappa shape index (κ1) is 17.3. The molecule has 1 unspecified atom stereocenters. The van der Waals surface area contributed by atoms with Gasteiger partial charge in [0.25, 0.3) is 0 Å². The number of carboxylic acid groups (broad SMARTS) is 1. The van der Waals surface area contributed by atoms with Crippen LogP contribution >= 0.6 is 11.8 Å². The number of carbonyl (C=O) groups is 2. The summed E-state index contributed by atoms with van der Waals surface area (Å²) in [5, 5.41) is 9.28. The molecule has 0 bridgehead atoms. The summed E-state index contributed by atoms with van der Waals surface area (Å²) in [7, 11) is 0. The van der Waals surface area contributed by atoms with E-state index in [1.54, 1.807) is 20.8 Å². The highest BCUT2D eigenvalue weighted by atomic mass is 32.2. The summed E-state index contributed by atoms with van der Waals surface area (Å²) < 4.78 is 5.10. The molecule has 0 saturated heterocycles. The summed E-state index contributed by atoms with van der Waals surface area (Å²) in [6.07, 6.45) is 0. The van der Waals surface area contributed by atoms with Crippen molar-refractivity contribution in [3.05, 3.63) is 0 Å². The molecule has 0 spiro atoms. The Balaban J connectivity index is 4.93. The largest absolute Gasteiger partial charge is 0.480 e. The van der Waals surface area contributed by atoms with Crippen LogP contribution in [0.2, 0.25) is 0 Å². The lowest BCUT2D eigenvalue weighted by Gasteiger charge is -2.30. The Morgan fingerprint density at radius 3 is 1.78 bits per heavy atom. The van der Waals surface area contributed by atoms with E-state index in [-0.39, 0.29) is 10.5 Å². The predicted octanol–water partition coefficient (Wildman–Crippen LogP) is 2.95. The number of hydrogen-bond acceptors (Lipinski definition) is 4. The number of hydrogen-bond donors (Lipinski definition) is 1. The van der Waals surface area contributed by atoms with Crippen LogP contribution in [0, 0.1) is 5.41 Å². The fraction of sp³-hybridized carbons (Fsp3) is 0.846. The van der Waals surface area contributed by atoms with Gasteiger partial charge in [-0.05, 0) is 27.7 Å². The number of esters is 1. The van der Waals surface area contributed by atoms with Crippen LogP contribution in [0.3, 0.4) is 0 Å². The molecule has 1 N–H and O–H groups in total. The fourth-order valence-corrected chi connectivity index (χ4v) is 1.92. The van der Waals surface area contributed by atoms with Crippen molar-refractivity contribution < 1.29 is 19.4 Å². The molecule has 0 saturated carbocycles. The van der Waals surface area contributed by atoms with Gasteiger partial charge in [0.05, 0.1) is 0 Å². The second-order valence-corrected chi connectivity index (χ2v) is 8.34. The van der Waals surface area contributed by atoms with Crippen molar-refractivity contribution in [3.63, 3.8) is 0 Å². The van der Waals surface area contributed by atoms with Crippen molar-refractivity contribution in [1.29, 1.82) is 0 Å². The van der Waals surface area contributed by atoms with E-state index < -0.39 is 23.0 Å². The first-order valence-electron chi connectivity index (χ1n) is 5.89. The van der Waals surface area contributed by atoms with Crippen molar-refractivity contribution in [3.8, 4) is 0 Å².